The molecule has 1 unspecified atom stereocenters. The summed E-state index contributed by atoms with van der Waals surface area (Å²) in [5.74, 6) is 0.987. The van der Waals surface area contributed by atoms with Crippen LogP contribution in [0.15, 0.2) is 30.3 Å². The summed E-state index contributed by atoms with van der Waals surface area (Å²) in [5.41, 5.74) is 7.98. The molecule has 1 aliphatic heterocycles. The molecule has 0 aromatic heterocycles. The van der Waals surface area contributed by atoms with Crippen molar-refractivity contribution in [2.24, 2.45) is 17.1 Å². The van der Waals surface area contributed by atoms with Crippen LogP contribution in [0.5, 0.6) is 0 Å². The fraction of sp³-hybridized carbons (Fsp3) is 0.611. The number of likely N-dealkylation sites (tertiary alicyclic amines) is 1. The van der Waals surface area contributed by atoms with Crippen molar-refractivity contribution < 1.29 is 4.79 Å². The van der Waals surface area contributed by atoms with Crippen LogP contribution in [0.4, 0.5) is 0 Å². The maximum atomic E-state index is 12.8. The van der Waals surface area contributed by atoms with Crippen molar-refractivity contribution in [3.05, 3.63) is 35.9 Å². The quantitative estimate of drug-likeness (QED) is 0.907. The van der Waals surface area contributed by atoms with E-state index in [4.69, 9.17) is 5.73 Å². The standard InChI is InChI=1S/C18H24N2O/c19-16-12-20(11-14(16)13-6-2-1-3-7-13)17(21)15-10-18(15)8-4-5-9-18/h1-3,6-7,14-16H,4-5,8-12,19H2/t14-,15?,16+/m0/s1. The van der Waals surface area contributed by atoms with Gasteiger partial charge in [0.25, 0.3) is 0 Å². The third-order valence-electron chi connectivity index (χ3n) is 5.99. The molecule has 3 aliphatic rings. The Balaban J connectivity index is 1.45. The molecule has 3 atom stereocenters. The lowest BCUT2D eigenvalue weighted by Gasteiger charge is -2.18. The minimum atomic E-state index is 0.0784. The van der Waals surface area contributed by atoms with Gasteiger partial charge in [-0.3, -0.25) is 4.79 Å². The van der Waals surface area contributed by atoms with E-state index >= 15 is 0 Å². The Labute approximate surface area is 126 Å². The van der Waals surface area contributed by atoms with Crippen LogP contribution < -0.4 is 5.73 Å². The van der Waals surface area contributed by atoms with Crippen molar-refractivity contribution in [2.45, 2.75) is 44.1 Å². The SMILES string of the molecule is N[C@@H]1CN(C(=O)C2CC23CCCC3)C[C@H]1c1ccccc1. The zero-order valence-electron chi connectivity index (χ0n) is 12.5. The van der Waals surface area contributed by atoms with Crippen LogP contribution in [0.2, 0.25) is 0 Å². The van der Waals surface area contributed by atoms with Crippen molar-refractivity contribution in [1.82, 2.24) is 4.90 Å². The third kappa shape index (κ3) is 2.18. The highest BCUT2D eigenvalue weighted by Gasteiger charge is 2.60. The van der Waals surface area contributed by atoms with Gasteiger partial charge in [0.15, 0.2) is 0 Å². The van der Waals surface area contributed by atoms with Crippen LogP contribution in [-0.2, 0) is 4.79 Å². The van der Waals surface area contributed by atoms with Gasteiger partial charge in [-0.25, -0.2) is 0 Å². The summed E-state index contributed by atoms with van der Waals surface area (Å²) in [6.45, 7) is 1.53. The summed E-state index contributed by atoms with van der Waals surface area (Å²) < 4.78 is 0. The molecule has 2 N–H and O–H groups in total. The molecule has 1 aromatic carbocycles. The van der Waals surface area contributed by atoms with E-state index in [1.807, 2.05) is 11.0 Å². The Morgan fingerprint density at radius 2 is 1.86 bits per heavy atom. The monoisotopic (exact) mass is 284 g/mol. The van der Waals surface area contributed by atoms with E-state index in [1.54, 1.807) is 0 Å². The number of carbonyl (C=O) groups is 1. The lowest BCUT2D eigenvalue weighted by molar-refractivity contribution is -0.132. The third-order valence-corrected chi connectivity index (χ3v) is 5.99. The normalized spacial score (nSPS) is 33.6. The summed E-state index contributed by atoms with van der Waals surface area (Å²) in [5, 5.41) is 0. The highest BCUT2D eigenvalue weighted by atomic mass is 16.2. The van der Waals surface area contributed by atoms with Crippen molar-refractivity contribution in [2.75, 3.05) is 13.1 Å². The van der Waals surface area contributed by atoms with E-state index in [0.29, 0.717) is 23.2 Å². The molecular formula is C18H24N2O. The number of rotatable bonds is 2. The van der Waals surface area contributed by atoms with Crippen LogP contribution in [0.1, 0.15) is 43.6 Å². The van der Waals surface area contributed by atoms with Gasteiger partial charge in [0, 0.05) is 31.0 Å². The van der Waals surface area contributed by atoms with Crippen LogP contribution in [0, 0.1) is 11.3 Å². The van der Waals surface area contributed by atoms with Crippen molar-refractivity contribution >= 4 is 5.91 Å². The number of benzene rings is 1. The molecule has 3 fully saturated rings. The largest absolute Gasteiger partial charge is 0.340 e. The Morgan fingerprint density at radius 3 is 2.57 bits per heavy atom. The van der Waals surface area contributed by atoms with Gasteiger partial charge in [-0.15, -0.1) is 0 Å². The predicted octanol–water partition coefficient (Wildman–Crippen LogP) is 2.52. The van der Waals surface area contributed by atoms with Gasteiger partial charge in [-0.2, -0.15) is 0 Å². The van der Waals surface area contributed by atoms with Crippen molar-refractivity contribution in [1.29, 1.82) is 0 Å². The molecule has 0 radical (unpaired) electrons. The molecule has 2 saturated carbocycles. The van der Waals surface area contributed by atoms with Gasteiger partial charge in [0.2, 0.25) is 5.91 Å². The second-order valence-electron chi connectivity index (χ2n) is 7.25. The van der Waals surface area contributed by atoms with E-state index in [2.05, 4.69) is 24.3 Å². The topological polar surface area (TPSA) is 46.3 Å². The van der Waals surface area contributed by atoms with Gasteiger partial charge >= 0.3 is 0 Å². The van der Waals surface area contributed by atoms with Crippen LogP contribution in [0.3, 0.4) is 0 Å². The molecule has 1 spiro atoms. The molecule has 1 aromatic rings. The zero-order valence-corrected chi connectivity index (χ0v) is 12.5. The van der Waals surface area contributed by atoms with Gasteiger partial charge < -0.3 is 10.6 Å². The molecule has 3 heteroatoms. The maximum absolute atomic E-state index is 12.8. The highest BCUT2D eigenvalue weighted by molar-refractivity contribution is 5.83. The van der Waals surface area contributed by atoms with Gasteiger partial charge in [0.1, 0.15) is 0 Å². The summed E-state index contributed by atoms with van der Waals surface area (Å²) in [6, 6.07) is 10.5. The lowest BCUT2D eigenvalue weighted by Crippen LogP contribution is -2.34. The molecule has 21 heavy (non-hydrogen) atoms. The Bertz CT molecular complexity index is 535. The first kappa shape index (κ1) is 13.3. The van der Waals surface area contributed by atoms with Crippen molar-refractivity contribution in [3.8, 4) is 0 Å². The number of carbonyl (C=O) groups excluding carboxylic acids is 1. The molecule has 2 aliphatic carbocycles. The van der Waals surface area contributed by atoms with E-state index in [1.165, 1.54) is 31.2 Å². The molecule has 112 valence electrons. The average Bonchev–Trinajstić information content (AvgIpc) is 2.83. The number of hydrogen-bond acceptors (Lipinski definition) is 2. The Morgan fingerprint density at radius 1 is 1.14 bits per heavy atom. The first-order chi connectivity index (χ1) is 10.2. The second-order valence-corrected chi connectivity index (χ2v) is 7.25. The van der Waals surface area contributed by atoms with Gasteiger partial charge in [-0.05, 0) is 30.2 Å². The number of amides is 1. The van der Waals surface area contributed by atoms with E-state index in [9.17, 15) is 4.79 Å². The molecule has 1 saturated heterocycles. The fourth-order valence-corrected chi connectivity index (χ4v) is 4.61. The predicted molar refractivity (Wildman–Crippen MR) is 82.7 cm³/mol. The molecule has 1 heterocycles. The molecule has 0 bridgehead atoms. The minimum absolute atomic E-state index is 0.0784. The van der Waals surface area contributed by atoms with Crippen LogP contribution >= 0.6 is 0 Å². The smallest absolute Gasteiger partial charge is 0.226 e. The zero-order chi connectivity index (χ0) is 14.4. The Kier molecular flexibility index (Phi) is 3.07. The fourth-order valence-electron chi connectivity index (χ4n) is 4.61. The van der Waals surface area contributed by atoms with Gasteiger partial charge in [-0.1, -0.05) is 43.2 Å². The summed E-state index contributed by atoms with van der Waals surface area (Å²) in [6.07, 6.45) is 6.30. The van der Waals surface area contributed by atoms with E-state index in [0.717, 1.165) is 19.5 Å². The first-order valence-corrected chi connectivity index (χ1v) is 8.29. The van der Waals surface area contributed by atoms with E-state index in [-0.39, 0.29) is 6.04 Å². The average molecular weight is 284 g/mol. The van der Waals surface area contributed by atoms with Crippen LogP contribution in [0.25, 0.3) is 0 Å². The highest BCUT2D eigenvalue weighted by Crippen LogP contribution is 2.63. The second kappa shape index (κ2) is 4.84. The number of nitrogens with zero attached hydrogens (tertiary/aromatic N) is 1. The first-order valence-electron chi connectivity index (χ1n) is 8.29. The van der Waals surface area contributed by atoms with Crippen molar-refractivity contribution in [3.63, 3.8) is 0 Å². The summed E-state index contributed by atoms with van der Waals surface area (Å²) >= 11 is 0. The molecule has 3 nitrogen and oxygen atoms in total. The summed E-state index contributed by atoms with van der Waals surface area (Å²) in [7, 11) is 0. The number of hydrogen-bond donors (Lipinski definition) is 1. The lowest BCUT2D eigenvalue weighted by atomic mass is 9.95. The number of nitrogens with two attached hydrogens (primary N) is 1. The van der Waals surface area contributed by atoms with Gasteiger partial charge in [0.05, 0.1) is 0 Å². The van der Waals surface area contributed by atoms with Crippen LogP contribution in [-0.4, -0.2) is 29.9 Å². The van der Waals surface area contributed by atoms with E-state index < -0.39 is 0 Å². The minimum Gasteiger partial charge on any atom is -0.340 e. The molecule has 4 rings (SSSR count). The molecular weight excluding hydrogens is 260 g/mol. The Hall–Kier alpha value is -1.35. The molecule has 1 amide bonds. The maximum Gasteiger partial charge on any atom is 0.226 e. The summed E-state index contributed by atoms with van der Waals surface area (Å²) in [4.78, 5) is 14.8.